The number of nitrogens with zero attached hydrogens (tertiary/aromatic N) is 4. The number of benzene rings is 2. The number of rotatable bonds is 8. The molecule has 2 aromatic heterocycles. The fourth-order valence-electron chi connectivity index (χ4n) is 3.11. The quantitative estimate of drug-likeness (QED) is 0.371. The van der Waals surface area contributed by atoms with Gasteiger partial charge in [0.15, 0.2) is 5.65 Å². The summed E-state index contributed by atoms with van der Waals surface area (Å²) in [7, 11) is 4.07. The smallest absolute Gasteiger partial charge is 0.328 e. The lowest BCUT2D eigenvalue weighted by molar-refractivity contribution is -0.134. The molecule has 0 radical (unpaired) electrons. The lowest BCUT2D eigenvalue weighted by Gasteiger charge is -2.11. The number of aromatic nitrogens is 3. The zero-order chi connectivity index (χ0) is 25.2. The highest BCUT2D eigenvalue weighted by Crippen LogP contribution is 2.28. The van der Waals surface area contributed by atoms with E-state index < -0.39 is 11.9 Å². The highest BCUT2D eigenvalue weighted by atomic mass is 16.5. The van der Waals surface area contributed by atoms with Gasteiger partial charge in [-0.1, -0.05) is 30.3 Å². The van der Waals surface area contributed by atoms with Crippen molar-refractivity contribution < 1.29 is 24.5 Å². The largest absolute Gasteiger partial charge is 0.492 e. The lowest BCUT2D eigenvalue weighted by atomic mass is 10.1. The van der Waals surface area contributed by atoms with Gasteiger partial charge in [-0.25, -0.2) is 19.3 Å². The summed E-state index contributed by atoms with van der Waals surface area (Å²) in [6, 6.07) is 22.2. The monoisotopic (exact) mass is 474 g/mol. The van der Waals surface area contributed by atoms with Crippen molar-refractivity contribution in [1.29, 1.82) is 0 Å². The van der Waals surface area contributed by atoms with Crippen molar-refractivity contribution in [2.75, 3.05) is 27.2 Å². The molecule has 9 heteroatoms. The molecule has 0 bridgehead atoms. The highest BCUT2D eigenvalue weighted by molar-refractivity contribution is 5.92. The number of hydrogen-bond donors (Lipinski definition) is 2. The van der Waals surface area contributed by atoms with E-state index in [1.54, 1.807) is 6.20 Å². The molecule has 0 amide bonds. The Hall–Kier alpha value is -4.50. The van der Waals surface area contributed by atoms with Gasteiger partial charge in [-0.15, -0.1) is 0 Å². The predicted molar refractivity (Wildman–Crippen MR) is 133 cm³/mol. The Morgan fingerprint density at radius 3 is 2.20 bits per heavy atom. The van der Waals surface area contributed by atoms with Gasteiger partial charge < -0.3 is 19.8 Å². The first-order valence-corrected chi connectivity index (χ1v) is 10.8. The molecule has 0 unspecified atom stereocenters. The van der Waals surface area contributed by atoms with E-state index in [4.69, 9.17) is 20.0 Å². The number of carbonyl (C=O) groups is 2. The molecule has 0 spiro atoms. The second-order valence-electron chi connectivity index (χ2n) is 7.66. The van der Waals surface area contributed by atoms with Gasteiger partial charge >= 0.3 is 11.9 Å². The Labute approximate surface area is 202 Å². The molecular formula is C26H26N4O5. The summed E-state index contributed by atoms with van der Waals surface area (Å²) in [5.41, 5.74) is 3.82. The number of pyridine rings is 1. The van der Waals surface area contributed by atoms with Gasteiger partial charge in [0, 0.05) is 35.8 Å². The first-order valence-electron chi connectivity index (χ1n) is 10.8. The van der Waals surface area contributed by atoms with E-state index in [9.17, 15) is 9.59 Å². The molecule has 4 aromatic rings. The molecule has 35 heavy (non-hydrogen) atoms. The number of carboxylic acid groups (broad SMARTS) is 2. The Bertz CT molecular complexity index is 1280. The Balaban J connectivity index is 0.000000371. The number of aliphatic carboxylic acids is 2. The average Bonchev–Trinajstić information content (AvgIpc) is 3.24. The van der Waals surface area contributed by atoms with Gasteiger partial charge in [0.05, 0.1) is 5.69 Å². The summed E-state index contributed by atoms with van der Waals surface area (Å²) in [6.45, 7) is 1.55. The molecule has 2 aromatic carbocycles. The molecular weight excluding hydrogens is 448 g/mol. The Morgan fingerprint density at radius 1 is 0.943 bits per heavy atom. The van der Waals surface area contributed by atoms with Crippen molar-refractivity contribution in [3.8, 4) is 22.7 Å². The molecule has 180 valence electrons. The van der Waals surface area contributed by atoms with Crippen LogP contribution in [0.25, 0.3) is 28.0 Å². The van der Waals surface area contributed by atoms with Crippen LogP contribution in [0.15, 0.2) is 85.1 Å². The third-order valence-corrected chi connectivity index (χ3v) is 4.75. The van der Waals surface area contributed by atoms with E-state index in [0.717, 1.165) is 40.3 Å². The predicted octanol–water partition coefficient (Wildman–Crippen LogP) is 3.74. The van der Waals surface area contributed by atoms with Gasteiger partial charge in [-0.2, -0.15) is 5.10 Å². The summed E-state index contributed by atoms with van der Waals surface area (Å²) in [6.07, 6.45) is 2.92. The average molecular weight is 475 g/mol. The van der Waals surface area contributed by atoms with Crippen molar-refractivity contribution in [2.24, 2.45) is 0 Å². The zero-order valence-corrected chi connectivity index (χ0v) is 19.4. The van der Waals surface area contributed by atoms with Crippen LogP contribution in [0.4, 0.5) is 0 Å². The van der Waals surface area contributed by atoms with E-state index in [1.807, 2.05) is 67.3 Å². The van der Waals surface area contributed by atoms with Crippen molar-refractivity contribution in [2.45, 2.75) is 0 Å². The summed E-state index contributed by atoms with van der Waals surface area (Å²) in [5.74, 6) is -1.66. The standard InChI is InChI=1S/C22H22N4O.C4H4O4/c1-25(2)15-16-27-19-12-10-18(11-13-19)26-22-20(9-6-14-23-22)21(24-26)17-7-4-3-5-8-17;5-3(6)1-2-4(7)8/h3-14H,15-16H2,1-2H3;1-2H,(H,5,6)(H,7,8). The van der Waals surface area contributed by atoms with Crippen LogP contribution >= 0.6 is 0 Å². The molecule has 0 saturated carbocycles. The van der Waals surface area contributed by atoms with Crippen LogP contribution in [0.1, 0.15) is 0 Å². The van der Waals surface area contributed by atoms with E-state index in [0.29, 0.717) is 18.8 Å². The summed E-state index contributed by atoms with van der Waals surface area (Å²) >= 11 is 0. The molecule has 0 fully saturated rings. The zero-order valence-electron chi connectivity index (χ0n) is 19.4. The Kier molecular flexibility index (Phi) is 8.69. The molecule has 2 N–H and O–H groups in total. The molecule has 9 nitrogen and oxygen atoms in total. The van der Waals surface area contributed by atoms with Gasteiger partial charge in [-0.05, 0) is 50.5 Å². The number of hydrogen-bond acceptors (Lipinski definition) is 6. The Morgan fingerprint density at radius 2 is 1.60 bits per heavy atom. The van der Waals surface area contributed by atoms with Crippen LogP contribution in [-0.4, -0.2) is 69.1 Å². The van der Waals surface area contributed by atoms with Crippen LogP contribution in [0.3, 0.4) is 0 Å². The van der Waals surface area contributed by atoms with Crippen LogP contribution < -0.4 is 4.74 Å². The van der Waals surface area contributed by atoms with Crippen LogP contribution in [0.5, 0.6) is 5.75 Å². The highest BCUT2D eigenvalue weighted by Gasteiger charge is 2.14. The summed E-state index contributed by atoms with van der Waals surface area (Å²) in [4.78, 5) is 25.8. The second kappa shape index (κ2) is 12.1. The minimum atomic E-state index is -1.26. The van der Waals surface area contributed by atoms with Gasteiger partial charge in [-0.3, -0.25) is 0 Å². The molecule has 4 rings (SSSR count). The first kappa shape index (κ1) is 25.1. The second-order valence-corrected chi connectivity index (χ2v) is 7.66. The molecule has 0 saturated heterocycles. The molecule has 2 heterocycles. The van der Waals surface area contributed by atoms with Crippen molar-refractivity contribution in [3.63, 3.8) is 0 Å². The molecule has 0 aliphatic heterocycles. The van der Waals surface area contributed by atoms with E-state index in [-0.39, 0.29) is 0 Å². The van der Waals surface area contributed by atoms with Gasteiger partial charge in [0.25, 0.3) is 0 Å². The maximum atomic E-state index is 9.55. The van der Waals surface area contributed by atoms with Gasteiger partial charge in [0.2, 0.25) is 0 Å². The SMILES string of the molecule is CN(C)CCOc1ccc(-n2nc(-c3ccccc3)c3cccnc32)cc1.O=C(O)C=CC(=O)O. The minimum Gasteiger partial charge on any atom is -0.492 e. The summed E-state index contributed by atoms with van der Waals surface area (Å²) in [5, 5.41) is 21.5. The topological polar surface area (TPSA) is 118 Å². The van der Waals surface area contributed by atoms with Crippen molar-refractivity contribution in [3.05, 3.63) is 85.1 Å². The van der Waals surface area contributed by atoms with Crippen molar-refractivity contribution in [1.82, 2.24) is 19.7 Å². The fraction of sp³-hybridized carbons (Fsp3) is 0.154. The maximum absolute atomic E-state index is 9.55. The third-order valence-electron chi connectivity index (χ3n) is 4.75. The number of fused-ring (bicyclic) bond motifs is 1. The van der Waals surface area contributed by atoms with E-state index >= 15 is 0 Å². The minimum absolute atomic E-state index is 0.558. The van der Waals surface area contributed by atoms with Crippen LogP contribution in [-0.2, 0) is 9.59 Å². The van der Waals surface area contributed by atoms with Crippen molar-refractivity contribution >= 4 is 23.0 Å². The fourth-order valence-corrected chi connectivity index (χ4v) is 3.11. The number of ether oxygens (including phenoxy) is 1. The normalized spacial score (nSPS) is 10.8. The third kappa shape index (κ3) is 7.24. The molecule has 0 aliphatic carbocycles. The van der Waals surface area contributed by atoms with Gasteiger partial charge in [0.1, 0.15) is 18.1 Å². The van der Waals surface area contributed by atoms with Crippen LogP contribution in [0, 0.1) is 0 Å². The first-order chi connectivity index (χ1) is 16.8. The van der Waals surface area contributed by atoms with Crippen LogP contribution in [0.2, 0.25) is 0 Å². The maximum Gasteiger partial charge on any atom is 0.328 e. The van der Waals surface area contributed by atoms with E-state index in [1.165, 1.54) is 0 Å². The molecule has 0 aliphatic rings. The summed E-state index contributed by atoms with van der Waals surface area (Å²) < 4.78 is 7.67. The van der Waals surface area contributed by atoms with E-state index in [2.05, 4.69) is 28.1 Å². The number of carboxylic acids is 2. The molecule has 0 atom stereocenters. The lowest BCUT2D eigenvalue weighted by Crippen LogP contribution is -2.19. The number of likely N-dealkylation sites (N-methyl/N-ethyl adjacent to an activating group) is 1.